The van der Waals surface area contributed by atoms with Crippen LogP contribution in [0, 0.1) is 5.92 Å². The van der Waals surface area contributed by atoms with Crippen molar-refractivity contribution in [2.24, 2.45) is 5.92 Å². The van der Waals surface area contributed by atoms with Crippen LogP contribution in [0.15, 0.2) is 0 Å². The molecule has 122 valence electrons. The van der Waals surface area contributed by atoms with Crippen molar-refractivity contribution in [2.75, 3.05) is 33.5 Å². The Hall–Kier alpha value is -1.14. The second-order valence-electron chi connectivity index (χ2n) is 5.87. The molecule has 2 unspecified atom stereocenters. The third-order valence-corrected chi connectivity index (χ3v) is 3.50. The van der Waals surface area contributed by atoms with Crippen LogP contribution in [-0.2, 0) is 19.1 Å². The summed E-state index contributed by atoms with van der Waals surface area (Å²) < 4.78 is 10.5. The van der Waals surface area contributed by atoms with E-state index < -0.39 is 6.04 Å². The molecule has 1 fully saturated rings. The predicted molar refractivity (Wildman–Crippen MR) is 79.9 cm³/mol. The molecule has 0 aromatic heterocycles. The number of hydrogen-bond acceptors (Lipinski definition) is 4. The molecule has 1 aliphatic rings. The molecule has 0 bridgehead atoms. The summed E-state index contributed by atoms with van der Waals surface area (Å²) in [6.45, 7) is 8.00. The van der Waals surface area contributed by atoms with Crippen molar-refractivity contribution in [3.8, 4) is 0 Å². The summed E-state index contributed by atoms with van der Waals surface area (Å²) in [6, 6.07) is -0.828. The molecule has 0 aliphatic carbocycles. The molecular weight excluding hydrogens is 272 g/mol. The van der Waals surface area contributed by atoms with Gasteiger partial charge in [-0.2, -0.15) is 0 Å². The van der Waals surface area contributed by atoms with E-state index >= 15 is 0 Å². The van der Waals surface area contributed by atoms with E-state index in [-0.39, 0.29) is 17.9 Å². The van der Waals surface area contributed by atoms with Gasteiger partial charge in [0.15, 0.2) is 0 Å². The number of carbonyl (C=O) groups excluding carboxylic acids is 2. The van der Waals surface area contributed by atoms with Crippen molar-refractivity contribution in [3.63, 3.8) is 0 Å². The molecule has 6 heteroatoms. The molecule has 0 saturated carbocycles. The Labute approximate surface area is 127 Å². The van der Waals surface area contributed by atoms with Crippen LogP contribution in [-0.4, -0.2) is 62.3 Å². The van der Waals surface area contributed by atoms with Crippen molar-refractivity contribution in [2.45, 2.75) is 45.7 Å². The van der Waals surface area contributed by atoms with Crippen LogP contribution in [0.4, 0.5) is 0 Å². The summed E-state index contributed by atoms with van der Waals surface area (Å²) >= 11 is 0. The summed E-state index contributed by atoms with van der Waals surface area (Å²) in [5.41, 5.74) is 0. The number of ether oxygens (including phenoxy) is 2. The van der Waals surface area contributed by atoms with E-state index in [2.05, 4.69) is 19.2 Å². The van der Waals surface area contributed by atoms with Gasteiger partial charge in [0.25, 0.3) is 0 Å². The maximum absolute atomic E-state index is 12.3. The smallest absolute Gasteiger partial charge is 0.245 e. The summed E-state index contributed by atoms with van der Waals surface area (Å²) in [5, 5.41) is 2.75. The number of amides is 2. The van der Waals surface area contributed by atoms with E-state index in [4.69, 9.17) is 9.47 Å². The van der Waals surface area contributed by atoms with Gasteiger partial charge in [-0.25, -0.2) is 0 Å². The van der Waals surface area contributed by atoms with Gasteiger partial charge in [0.1, 0.15) is 12.1 Å². The van der Waals surface area contributed by atoms with Gasteiger partial charge in [-0.15, -0.1) is 0 Å². The topological polar surface area (TPSA) is 67.9 Å². The van der Waals surface area contributed by atoms with Crippen LogP contribution in [0.1, 0.15) is 33.6 Å². The lowest BCUT2D eigenvalue weighted by Crippen LogP contribution is -2.63. The van der Waals surface area contributed by atoms with E-state index in [0.29, 0.717) is 38.7 Å². The Balaban J connectivity index is 2.51. The first-order valence-electron chi connectivity index (χ1n) is 7.65. The zero-order valence-corrected chi connectivity index (χ0v) is 13.6. The Morgan fingerprint density at radius 2 is 1.95 bits per heavy atom. The minimum Gasteiger partial charge on any atom is -0.385 e. The average Bonchev–Trinajstić information content (AvgIpc) is 2.42. The quantitative estimate of drug-likeness (QED) is 0.640. The molecule has 2 atom stereocenters. The lowest BCUT2D eigenvalue weighted by atomic mass is 9.98. The molecule has 0 spiro atoms. The highest BCUT2D eigenvalue weighted by atomic mass is 16.5. The number of hydrogen-bond donors (Lipinski definition) is 1. The first kappa shape index (κ1) is 17.9. The summed E-state index contributed by atoms with van der Waals surface area (Å²) in [6.07, 6.45) is 1.50. The van der Waals surface area contributed by atoms with Crippen molar-refractivity contribution in [3.05, 3.63) is 0 Å². The molecule has 1 saturated heterocycles. The van der Waals surface area contributed by atoms with E-state index in [0.717, 1.165) is 6.42 Å². The SMILES string of the molecule is COCCCOCCN1C(=O)C(C)NC(=O)C1CC(C)C. The third-order valence-electron chi connectivity index (χ3n) is 3.50. The largest absolute Gasteiger partial charge is 0.385 e. The standard InChI is InChI=1S/C15H28N2O4/c1-11(2)10-13-14(18)16-12(3)15(19)17(13)6-9-21-8-5-7-20-4/h11-13H,5-10H2,1-4H3,(H,16,18). The second kappa shape index (κ2) is 9.00. The van der Waals surface area contributed by atoms with Gasteiger partial charge in [-0.05, 0) is 25.7 Å². The maximum Gasteiger partial charge on any atom is 0.245 e. The highest BCUT2D eigenvalue weighted by Gasteiger charge is 2.38. The Morgan fingerprint density at radius 1 is 1.24 bits per heavy atom. The van der Waals surface area contributed by atoms with Crippen LogP contribution in [0.3, 0.4) is 0 Å². The lowest BCUT2D eigenvalue weighted by Gasteiger charge is -2.38. The fraction of sp³-hybridized carbons (Fsp3) is 0.867. The van der Waals surface area contributed by atoms with Gasteiger partial charge < -0.3 is 19.7 Å². The van der Waals surface area contributed by atoms with Gasteiger partial charge in [0.05, 0.1) is 6.61 Å². The van der Waals surface area contributed by atoms with Crippen molar-refractivity contribution >= 4 is 11.8 Å². The van der Waals surface area contributed by atoms with Gasteiger partial charge in [-0.1, -0.05) is 13.8 Å². The molecule has 0 aromatic carbocycles. The Kier molecular flexibility index (Phi) is 7.67. The number of piperazine rings is 1. The molecule has 1 rings (SSSR count). The Morgan fingerprint density at radius 3 is 2.57 bits per heavy atom. The molecule has 6 nitrogen and oxygen atoms in total. The number of nitrogens with one attached hydrogen (secondary N) is 1. The van der Waals surface area contributed by atoms with Crippen LogP contribution < -0.4 is 5.32 Å². The first-order chi connectivity index (χ1) is 9.97. The van der Waals surface area contributed by atoms with Crippen molar-refractivity contribution in [1.82, 2.24) is 10.2 Å². The predicted octanol–water partition coefficient (Wildman–Crippen LogP) is 0.801. The number of methoxy groups -OCH3 is 1. The summed E-state index contributed by atoms with van der Waals surface area (Å²) in [5.74, 6) is 0.267. The molecule has 0 radical (unpaired) electrons. The zero-order valence-electron chi connectivity index (χ0n) is 13.6. The number of carbonyl (C=O) groups is 2. The molecule has 1 heterocycles. The third kappa shape index (κ3) is 5.63. The molecule has 2 amide bonds. The van der Waals surface area contributed by atoms with Gasteiger partial charge in [0.2, 0.25) is 11.8 Å². The Bertz CT molecular complexity index is 347. The van der Waals surface area contributed by atoms with E-state index in [1.54, 1.807) is 18.9 Å². The van der Waals surface area contributed by atoms with Crippen molar-refractivity contribution in [1.29, 1.82) is 0 Å². The molecular formula is C15H28N2O4. The van der Waals surface area contributed by atoms with Crippen LogP contribution in [0.25, 0.3) is 0 Å². The molecule has 0 aromatic rings. The van der Waals surface area contributed by atoms with Crippen LogP contribution in [0.5, 0.6) is 0 Å². The molecule has 1 aliphatic heterocycles. The molecule has 1 N–H and O–H groups in total. The van der Waals surface area contributed by atoms with Crippen molar-refractivity contribution < 1.29 is 19.1 Å². The highest BCUT2D eigenvalue weighted by molar-refractivity contribution is 5.96. The number of nitrogens with zero attached hydrogens (tertiary/aromatic N) is 1. The fourth-order valence-electron chi connectivity index (χ4n) is 2.43. The van der Waals surface area contributed by atoms with Crippen LogP contribution >= 0.6 is 0 Å². The fourth-order valence-corrected chi connectivity index (χ4v) is 2.43. The minimum atomic E-state index is -0.450. The molecule has 21 heavy (non-hydrogen) atoms. The average molecular weight is 300 g/mol. The van der Waals surface area contributed by atoms with E-state index in [1.165, 1.54) is 0 Å². The van der Waals surface area contributed by atoms with Gasteiger partial charge in [0, 0.05) is 26.9 Å². The van der Waals surface area contributed by atoms with E-state index in [9.17, 15) is 9.59 Å². The number of rotatable bonds is 9. The summed E-state index contributed by atoms with van der Waals surface area (Å²) in [4.78, 5) is 26.0. The maximum atomic E-state index is 12.3. The van der Waals surface area contributed by atoms with Crippen LogP contribution in [0.2, 0.25) is 0 Å². The van der Waals surface area contributed by atoms with Gasteiger partial charge in [-0.3, -0.25) is 9.59 Å². The lowest BCUT2D eigenvalue weighted by molar-refractivity contribution is -0.150. The summed E-state index contributed by atoms with van der Waals surface area (Å²) in [7, 11) is 1.66. The van der Waals surface area contributed by atoms with Gasteiger partial charge >= 0.3 is 0 Å². The van der Waals surface area contributed by atoms with E-state index in [1.807, 2.05) is 0 Å². The zero-order chi connectivity index (χ0) is 15.8. The first-order valence-corrected chi connectivity index (χ1v) is 7.65. The highest BCUT2D eigenvalue weighted by Crippen LogP contribution is 2.17. The monoisotopic (exact) mass is 300 g/mol. The second-order valence-corrected chi connectivity index (χ2v) is 5.87. The normalized spacial score (nSPS) is 22.8. The minimum absolute atomic E-state index is 0.0271.